The zero-order chi connectivity index (χ0) is 14.5. The Labute approximate surface area is 125 Å². The zero-order valence-electron chi connectivity index (χ0n) is 12.1. The fraction of sp³-hybridized carbons (Fsp3) is 0.412. The van der Waals surface area contributed by atoms with Gasteiger partial charge in [-0.2, -0.15) is 0 Å². The van der Waals surface area contributed by atoms with Gasteiger partial charge < -0.3 is 20.5 Å². The van der Waals surface area contributed by atoms with Crippen molar-refractivity contribution in [3.05, 3.63) is 42.5 Å². The largest absolute Gasteiger partial charge is 0.490 e. The van der Waals surface area contributed by atoms with Crippen molar-refractivity contribution >= 4 is 10.8 Å². The van der Waals surface area contributed by atoms with Gasteiger partial charge in [0.15, 0.2) is 0 Å². The minimum Gasteiger partial charge on any atom is -0.490 e. The van der Waals surface area contributed by atoms with Crippen LogP contribution in [0, 0.1) is 0 Å². The van der Waals surface area contributed by atoms with Gasteiger partial charge in [0.2, 0.25) is 0 Å². The summed E-state index contributed by atoms with van der Waals surface area (Å²) in [5, 5.41) is 18.9. The molecule has 0 bridgehead atoms. The molecular weight excluding hydrogens is 264 g/mol. The van der Waals surface area contributed by atoms with E-state index in [4.69, 9.17) is 4.74 Å². The summed E-state index contributed by atoms with van der Waals surface area (Å²) < 4.78 is 5.79. The molecule has 21 heavy (non-hydrogen) atoms. The van der Waals surface area contributed by atoms with E-state index < -0.39 is 6.10 Å². The summed E-state index contributed by atoms with van der Waals surface area (Å²) >= 11 is 0. The molecule has 0 saturated carbocycles. The first-order chi connectivity index (χ1) is 10.3. The smallest absolute Gasteiger partial charge is 0.127 e. The van der Waals surface area contributed by atoms with E-state index in [1.165, 1.54) is 0 Å². The van der Waals surface area contributed by atoms with Crippen LogP contribution in [-0.4, -0.2) is 43.5 Å². The maximum atomic E-state index is 10.0. The number of aliphatic hydroxyl groups excluding tert-OH is 1. The first-order valence-corrected chi connectivity index (χ1v) is 7.55. The molecule has 4 heteroatoms. The number of benzene rings is 2. The molecule has 0 spiro atoms. The maximum absolute atomic E-state index is 10.0. The standard InChI is InChI=1S/C17H22N2O2/c20-15(11-19-14-8-9-18-10-14)12-21-17-7-3-5-13-4-1-2-6-16(13)17/h1-7,14-15,18-20H,8-12H2. The Balaban J connectivity index is 1.53. The molecule has 3 rings (SSSR count). The van der Waals surface area contributed by atoms with Crippen molar-refractivity contribution in [2.45, 2.75) is 18.6 Å². The number of fused-ring (bicyclic) bond motifs is 1. The molecule has 4 nitrogen and oxygen atoms in total. The predicted molar refractivity (Wildman–Crippen MR) is 84.7 cm³/mol. The van der Waals surface area contributed by atoms with Gasteiger partial charge in [-0.15, -0.1) is 0 Å². The summed E-state index contributed by atoms with van der Waals surface area (Å²) in [6.07, 6.45) is 0.626. The summed E-state index contributed by atoms with van der Waals surface area (Å²) in [5.41, 5.74) is 0. The molecule has 0 aromatic heterocycles. The van der Waals surface area contributed by atoms with Crippen molar-refractivity contribution < 1.29 is 9.84 Å². The van der Waals surface area contributed by atoms with Crippen LogP contribution >= 0.6 is 0 Å². The molecule has 2 atom stereocenters. The average molecular weight is 286 g/mol. The highest BCUT2D eigenvalue weighted by Gasteiger charge is 2.15. The third kappa shape index (κ3) is 3.73. The summed E-state index contributed by atoms with van der Waals surface area (Å²) in [6, 6.07) is 14.6. The Kier molecular flexibility index (Phi) is 4.70. The van der Waals surface area contributed by atoms with E-state index in [0.717, 1.165) is 36.0 Å². The monoisotopic (exact) mass is 286 g/mol. The van der Waals surface area contributed by atoms with Crippen LogP contribution in [0.3, 0.4) is 0 Å². The molecule has 1 fully saturated rings. The van der Waals surface area contributed by atoms with E-state index >= 15 is 0 Å². The van der Waals surface area contributed by atoms with Crippen molar-refractivity contribution in [1.82, 2.24) is 10.6 Å². The molecule has 0 radical (unpaired) electrons. The first kappa shape index (κ1) is 14.3. The lowest BCUT2D eigenvalue weighted by Gasteiger charge is -2.17. The van der Waals surface area contributed by atoms with Gasteiger partial charge in [-0.25, -0.2) is 0 Å². The van der Waals surface area contributed by atoms with Crippen LogP contribution in [0.4, 0.5) is 0 Å². The van der Waals surface area contributed by atoms with Crippen LogP contribution in [0.5, 0.6) is 5.75 Å². The molecule has 1 saturated heterocycles. The highest BCUT2D eigenvalue weighted by Crippen LogP contribution is 2.25. The number of hydrogen-bond acceptors (Lipinski definition) is 4. The lowest BCUT2D eigenvalue weighted by atomic mass is 10.1. The summed E-state index contributed by atoms with van der Waals surface area (Å²) in [5.74, 6) is 0.828. The predicted octanol–water partition coefficient (Wildman–Crippen LogP) is 1.53. The number of aliphatic hydroxyl groups is 1. The Morgan fingerprint density at radius 3 is 2.95 bits per heavy atom. The van der Waals surface area contributed by atoms with Gasteiger partial charge in [0.05, 0.1) is 0 Å². The maximum Gasteiger partial charge on any atom is 0.127 e. The molecule has 0 aliphatic carbocycles. The number of ether oxygens (including phenoxy) is 1. The van der Waals surface area contributed by atoms with E-state index in [1.807, 2.05) is 30.3 Å². The van der Waals surface area contributed by atoms with E-state index in [1.54, 1.807) is 0 Å². The fourth-order valence-corrected chi connectivity index (χ4v) is 2.70. The quantitative estimate of drug-likeness (QED) is 0.754. The van der Waals surface area contributed by atoms with Crippen LogP contribution in [0.25, 0.3) is 10.8 Å². The van der Waals surface area contributed by atoms with Gasteiger partial charge in [0.1, 0.15) is 18.5 Å². The van der Waals surface area contributed by atoms with Gasteiger partial charge in [0, 0.05) is 24.5 Å². The van der Waals surface area contributed by atoms with E-state index in [0.29, 0.717) is 19.2 Å². The van der Waals surface area contributed by atoms with Crippen LogP contribution < -0.4 is 15.4 Å². The fourth-order valence-electron chi connectivity index (χ4n) is 2.70. The second-order valence-electron chi connectivity index (χ2n) is 5.54. The lowest BCUT2D eigenvalue weighted by Crippen LogP contribution is -2.39. The summed E-state index contributed by atoms with van der Waals surface area (Å²) in [6.45, 7) is 2.91. The zero-order valence-corrected chi connectivity index (χ0v) is 12.1. The molecule has 2 unspecified atom stereocenters. The molecule has 2 aromatic rings. The van der Waals surface area contributed by atoms with Gasteiger partial charge in [-0.3, -0.25) is 0 Å². The van der Waals surface area contributed by atoms with Gasteiger partial charge in [0.25, 0.3) is 0 Å². The second kappa shape index (κ2) is 6.89. The van der Waals surface area contributed by atoms with Gasteiger partial charge in [-0.1, -0.05) is 36.4 Å². The normalized spacial score (nSPS) is 19.8. The molecule has 1 heterocycles. The van der Waals surface area contributed by atoms with Crippen molar-refractivity contribution in [3.8, 4) is 5.75 Å². The van der Waals surface area contributed by atoms with Crippen LogP contribution in [0.2, 0.25) is 0 Å². The number of hydrogen-bond donors (Lipinski definition) is 3. The average Bonchev–Trinajstić information content (AvgIpc) is 3.04. The molecule has 112 valence electrons. The lowest BCUT2D eigenvalue weighted by molar-refractivity contribution is 0.105. The summed E-state index contributed by atoms with van der Waals surface area (Å²) in [7, 11) is 0. The first-order valence-electron chi connectivity index (χ1n) is 7.55. The van der Waals surface area contributed by atoms with Crippen molar-refractivity contribution in [3.63, 3.8) is 0 Å². The van der Waals surface area contributed by atoms with Crippen molar-refractivity contribution in [2.24, 2.45) is 0 Å². The minimum atomic E-state index is -0.496. The highest BCUT2D eigenvalue weighted by molar-refractivity contribution is 5.88. The molecule has 3 N–H and O–H groups in total. The van der Waals surface area contributed by atoms with E-state index in [9.17, 15) is 5.11 Å². The van der Waals surface area contributed by atoms with Gasteiger partial charge >= 0.3 is 0 Å². The third-order valence-corrected chi connectivity index (χ3v) is 3.88. The molecule has 2 aromatic carbocycles. The SMILES string of the molecule is OC(CNC1CCNC1)COc1cccc2ccccc12. The minimum absolute atomic E-state index is 0.307. The Morgan fingerprint density at radius 1 is 1.24 bits per heavy atom. The topological polar surface area (TPSA) is 53.5 Å². The van der Waals surface area contributed by atoms with E-state index in [2.05, 4.69) is 22.8 Å². The van der Waals surface area contributed by atoms with Gasteiger partial charge in [-0.05, 0) is 24.4 Å². The second-order valence-corrected chi connectivity index (χ2v) is 5.54. The Morgan fingerprint density at radius 2 is 2.10 bits per heavy atom. The Hall–Kier alpha value is -1.62. The number of rotatable bonds is 6. The number of nitrogens with one attached hydrogen (secondary N) is 2. The van der Waals surface area contributed by atoms with Crippen LogP contribution in [0.15, 0.2) is 42.5 Å². The van der Waals surface area contributed by atoms with E-state index in [-0.39, 0.29) is 0 Å². The van der Waals surface area contributed by atoms with Crippen molar-refractivity contribution in [2.75, 3.05) is 26.2 Å². The van der Waals surface area contributed by atoms with Crippen molar-refractivity contribution in [1.29, 1.82) is 0 Å². The highest BCUT2D eigenvalue weighted by atomic mass is 16.5. The van der Waals surface area contributed by atoms with Crippen LogP contribution in [0.1, 0.15) is 6.42 Å². The third-order valence-electron chi connectivity index (χ3n) is 3.88. The molecular formula is C17H22N2O2. The molecule has 0 amide bonds. The summed E-state index contributed by atoms with van der Waals surface area (Å²) in [4.78, 5) is 0. The Bertz CT molecular complexity index is 577. The van der Waals surface area contributed by atoms with Crippen LogP contribution in [-0.2, 0) is 0 Å². The molecule has 1 aliphatic rings. The molecule has 1 aliphatic heterocycles.